The maximum atomic E-state index is 8.60. The monoisotopic (exact) mass is 139 g/mol. The second-order valence-electron chi connectivity index (χ2n) is 3.51. The Balaban J connectivity index is 1.85. The van der Waals surface area contributed by atoms with Gasteiger partial charge in [-0.2, -0.15) is 0 Å². The van der Waals surface area contributed by atoms with Gasteiger partial charge in [0.15, 0.2) is 0 Å². The summed E-state index contributed by atoms with van der Waals surface area (Å²) in [7, 11) is 0. The lowest BCUT2D eigenvalue weighted by molar-refractivity contribution is 0.315. The Morgan fingerprint density at radius 1 is 1.30 bits per heavy atom. The molecule has 1 N–H and O–H groups in total. The summed E-state index contributed by atoms with van der Waals surface area (Å²) < 4.78 is 0. The Hall–Kier alpha value is -0.530. The smallest absolute Gasteiger partial charge is 0.0604 e. The Kier molecular flexibility index (Phi) is 1.40. The second-order valence-corrected chi connectivity index (χ2v) is 3.51. The van der Waals surface area contributed by atoms with Crippen molar-refractivity contribution in [2.75, 3.05) is 0 Å². The lowest BCUT2D eigenvalue weighted by atomic mass is 10.1. The number of nitrogens with zero attached hydrogens (tertiary/aromatic N) is 1. The molecule has 2 nitrogen and oxygen atoms in total. The van der Waals surface area contributed by atoms with Crippen LogP contribution >= 0.6 is 0 Å². The van der Waals surface area contributed by atoms with E-state index in [9.17, 15) is 0 Å². The molecule has 2 saturated carbocycles. The molecule has 56 valence electrons. The Morgan fingerprint density at radius 3 is 2.40 bits per heavy atom. The van der Waals surface area contributed by atoms with Crippen LogP contribution in [0.4, 0.5) is 0 Å². The van der Waals surface area contributed by atoms with Crippen LogP contribution in [0.1, 0.15) is 32.1 Å². The molecule has 0 spiro atoms. The summed E-state index contributed by atoms with van der Waals surface area (Å²) in [4.78, 5) is 0. The number of oxime groups is 1. The molecule has 0 aromatic heterocycles. The van der Waals surface area contributed by atoms with Crippen molar-refractivity contribution in [1.82, 2.24) is 0 Å². The van der Waals surface area contributed by atoms with Crippen LogP contribution in [0.2, 0.25) is 0 Å². The van der Waals surface area contributed by atoms with Crippen LogP contribution in [0.15, 0.2) is 5.16 Å². The van der Waals surface area contributed by atoms with E-state index in [2.05, 4.69) is 5.16 Å². The van der Waals surface area contributed by atoms with E-state index in [1.54, 1.807) is 0 Å². The Morgan fingerprint density at radius 2 is 2.00 bits per heavy atom. The van der Waals surface area contributed by atoms with Crippen molar-refractivity contribution in [3.8, 4) is 0 Å². The van der Waals surface area contributed by atoms with Crippen molar-refractivity contribution < 1.29 is 5.21 Å². The van der Waals surface area contributed by atoms with Crippen LogP contribution in [-0.4, -0.2) is 10.9 Å². The highest BCUT2D eigenvalue weighted by atomic mass is 16.4. The van der Waals surface area contributed by atoms with Gasteiger partial charge in [-0.05, 0) is 38.0 Å². The van der Waals surface area contributed by atoms with Gasteiger partial charge in [-0.15, -0.1) is 0 Å². The van der Waals surface area contributed by atoms with E-state index in [4.69, 9.17) is 5.21 Å². The summed E-state index contributed by atoms with van der Waals surface area (Å²) >= 11 is 0. The van der Waals surface area contributed by atoms with E-state index < -0.39 is 0 Å². The molecule has 0 radical (unpaired) electrons. The van der Waals surface area contributed by atoms with Gasteiger partial charge in [0.25, 0.3) is 0 Å². The Bertz CT molecular complexity index is 157. The molecule has 0 aromatic rings. The molecule has 0 aliphatic heterocycles. The minimum Gasteiger partial charge on any atom is -0.411 e. The first-order valence-corrected chi connectivity index (χ1v) is 4.11. The minimum absolute atomic E-state index is 0.658. The minimum atomic E-state index is 0.658. The second kappa shape index (κ2) is 2.26. The van der Waals surface area contributed by atoms with Gasteiger partial charge < -0.3 is 5.21 Å². The van der Waals surface area contributed by atoms with Crippen molar-refractivity contribution in [3.63, 3.8) is 0 Å². The molecule has 2 heteroatoms. The van der Waals surface area contributed by atoms with Gasteiger partial charge in [0.05, 0.1) is 5.71 Å². The van der Waals surface area contributed by atoms with Gasteiger partial charge in [0.2, 0.25) is 0 Å². The molecular weight excluding hydrogens is 126 g/mol. The highest BCUT2D eigenvalue weighted by Gasteiger charge is 2.32. The van der Waals surface area contributed by atoms with Crippen molar-refractivity contribution in [3.05, 3.63) is 0 Å². The topological polar surface area (TPSA) is 32.6 Å². The summed E-state index contributed by atoms with van der Waals surface area (Å²) in [5.74, 6) is 1.53. The maximum absolute atomic E-state index is 8.60. The number of hydrogen-bond donors (Lipinski definition) is 1. The molecule has 0 unspecified atom stereocenters. The first kappa shape index (κ1) is 6.20. The van der Waals surface area contributed by atoms with Gasteiger partial charge in [-0.1, -0.05) is 5.16 Å². The summed E-state index contributed by atoms with van der Waals surface area (Å²) in [6.45, 7) is 0. The highest BCUT2D eigenvalue weighted by Crippen LogP contribution is 2.39. The predicted octanol–water partition coefficient (Wildman–Crippen LogP) is 2.03. The van der Waals surface area contributed by atoms with Crippen LogP contribution < -0.4 is 0 Å². The SMILES string of the molecule is ON=C(CC1CC1)C1CC1. The number of rotatable bonds is 3. The average molecular weight is 139 g/mol. The van der Waals surface area contributed by atoms with Crippen molar-refractivity contribution >= 4 is 5.71 Å². The van der Waals surface area contributed by atoms with Gasteiger partial charge in [0.1, 0.15) is 0 Å². The zero-order chi connectivity index (χ0) is 6.97. The third-order valence-electron chi connectivity index (χ3n) is 2.37. The molecule has 0 aromatic carbocycles. The first-order chi connectivity index (χ1) is 4.90. The Labute approximate surface area is 60.9 Å². The van der Waals surface area contributed by atoms with Crippen molar-refractivity contribution in [1.29, 1.82) is 0 Å². The first-order valence-electron chi connectivity index (χ1n) is 4.11. The van der Waals surface area contributed by atoms with Crippen LogP contribution in [0.3, 0.4) is 0 Å². The molecule has 2 aliphatic carbocycles. The van der Waals surface area contributed by atoms with Crippen molar-refractivity contribution in [2.45, 2.75) is 32.1 Å². The molecule has 2 aliphatic rings. The van der Waals surface area contributed by atoms with E-state index in [1.165, 1.54) is 25.7 Å². The lowest BCUT2D eigenvalue weighted by Crippen LogP contribution is -2.01. The third-order valence-corrected chi connectivity index (χ3v) is 2.37. The largest absolute Gasteiger partial charge is 0.411 e. The van der Waals surface area contributed by atoms with Gasteiger partial charge >= 0.3 is 0 Å². The quantitative estimate of drug-likeness (QED) is 0.362. The zero-order valence-corrected chi connectivity index (χ0v) is 6.08. The van der Waals surface area contributed by atoms with Crippen LogP contribution in [0.25, 0.3) is 0 Å². The normalized spacial score (nSPS) is 27.0. The van der Waals surface area contributed by atoms with E-state index in [0.29, 0.717) is 5.92 Å². The molecule has 0 atom stereocenters. The molecule has 2 fully saturated rings. The molecule has 0 amide bonds. The van der Waals surface area contributed by atoms with E-state index >= 15 is 0 Å². The van der Waals surface area contributed by atoms with Gasteiger partial charge in [-0.3, -0.25) is 0 Å². The lowest BCUT2D eigenvalue weighted by Gasteiger charge is -1.97. The van der Waals surface area contributed by atoms with Crippen LogP contribution in [-0.2, 0) is 0 Å². The molecule has 0 saturated heterocycles. The van der Waals surface area contributed by atoms with Crippen LogP contribution in [0.5, 0.6) is 0 Å². The number of hydrogen-bond acceptors (Lipinski definition) is 2. The fourth-order valence-electron chi connectivity index (χ4n) is 1.32. The summed E-state index contributed by atoms with van der Waals surface area (Å²) in [5.41, 5.74) is 1.07. The van der Waals surface area contributed by atoms with E-state index in [0.717, 1.165) is 18.1 Å². The van der Waals surface area contributed by atoms with Gasteiger partial charge in [-0.25, -0.2) is 0 Å². The molecular formula is C8H13NO. The summed E-state index contributed by atoms with van der Waals surface area (Å²) in [6.07, 6.45) is 6.29. The zero-order valence-electron chi connectivity index (χ0n) is 6.08. The molecule has 0 heterocycles. The summed E-state index contributed by atoms with van der Waals surface area (Å²) in [6, 6.07) is 0. The highest BCUT2D eigenvalue weighted by molar-refractivity contribution is 5.88. The molecule has 0 bridgehead atoms. The fraction of sp³-hybridized carbons (Fsp3) is 0.875. The molecule has 10 heavy (non-hydrogen) atoms. The fourth-order valence-corrected chi connectivity index (χ4v) is 1.32. The van der Waals surface area contributed by atoms with Gasteiger partial charge in [0, 0.05) is 5.92 Å². The third kappa shape index (κ3) is 1.31. The summed E-state index contributed by atoms with van der Waals surface area (Å²) in [5, 5.41) is 11.9. The van der Waals surface area contributed by atoms with Crippen molar-refractivity contribution in [2.24, 2.45) is 17.0 Å². The maximum Gasteiger partial charge on any atom is 0.0604 e. The standard InChI is InChI=1S/C8H13NO/c10-9-8(7-3-4-7)5-6-1-2-6/h6-7,10H,1-5H2. The molecule has 2 rings (SSSR count). The van der Waals surface area contributed by atoms with E-state index in [-0.39, 0.29) is 0 Å². The average Bonchev–Trinajstić information content (AvgIpc) is 2.76. The van der Waals surface area contributed by atoms with Crippen LogP contribution in [0, 0.1) is 11.8 Å². The van der Waals surface area contributed by atoms with E-state index in [1.807, 2.05) is 0 Å². The predicted molar refractivity (Wildman–Crippen MR) is 39.3 cm³/mol.